The fraction of sp³-hybridized carbons (Fsp3) is 0.444. The highest BCUT2D eigenvalue weighted by Gasteiger charge is 2.16. The zero-order valence-electron chi connectivity index (χ0n) is 36.9. The first-order valence-electron chi connectivity index (χ1n) is 23.7. The van der Waals surface area contributed by atoms with Crippen LogP contribution in [0.25, 0.3) is 44.5 Å². The van der Waals surface area contributed by atoms with Crippen molar-refractivity contribution in [2.45, 2.75) is 155 Å². The number of hydrogen-bond donors (Lipinski definition) is 4. The van der Waals surface area contributed by atoms with E-state index in [1.54, 1.807) is 24.3 Å². The lowest BCUT2D eigenvalue weighted by Gasteiger charge is -2.19. The van der Waals surface area contributed by atoms with Crippen molar-refractivity contribution < 1.29 is 20.1 Å². The Kier molecular flexibility index (Phi) is 20.7. The van der Waals surface area contributed by atoms with Crippen LogP contribution in [0.15, 0.2) is 109 Å². The van der Waals surface area contributed by atoms with Gasteiger partial charge in [-0.1, -0.05) is 239 Å². The Bertz CT molecular complexity index is 1780. The van der Waals surface area contributed by atoms with Crippen LogP contribution in [0.3, 0.4) is 0 Å². The van der Waals surface area contributed by atoms with Gasteiger partial charge in [-0.15, -0.1) is 0 Å². The summed E-state index contributed by atoms with van der Waals surface area (Å²) in [6.07, 6.45) is 28.5. The van der Waals surface area contributed by atoms with E-state index in [-0.39, 0.29) is 0 Å². The Morgan fingerprint density at radius 2 is 0.533 bits per heavy atom. The predicted molar refractivity (Wildman–Crippen MR) is 259 cm³/mol. The van der Waals surface area contributed by atoms with Gasteiger partial charge in [0, 0.05) is 0 Å². The summed E-state index contributed by atoms with van der Waals surface area (Å²) in [6, 6.07) is 37.8. The molecule has 0 aliphatic carbocycles. The van der Waals surface area contributed by atoms with E-state index in [9.17, 15) is 20.1 Å². The largest absolute Gasteiger partial charge is 0.488 e. The van der Waals surface area contributed by atoms with Crippen LogP contribution in [0.2, 0.25) is 0 Å². The van der Waals surface area contributed by atoms with Crippen molar-refractivity contribution in [1.82, 2.24) is 0 Å². The monoisotopic (exact) mass is 807 g/mol. The highest BCUT2D eigenvalue weighted by molar-refractivity contribution is 6.59. The SMILES string of the molecule is CCCCCCCCCCCCc1cc(-c2ccc(-c3ccc(B(O)O)cc3)cc2)c(CCCCCCCCCCCC)cc1-c1ccc(-c2ccc(B(O)O)cc2)cc1. The summed E-state index contributed by atoms with van der Waals surface area (Å²) in [5.74, 6) is 0. The standard InChI is InChI=1S/C54H72B2O4/c1-3-5-7-9-11-13-15-17-19-21-23-49-41-54(48-31-27-44(28-32-48)46-35-39-52(40-36-46)56(59)60)50(24-22-20-18-16-14-12-10-8-6-4-2)42-53(49)47-29-25-43(26-30-47)45-33-37-51(38-34-45)55(57)58/h25-42,57-60H,3-24H2,1-2H3. The molecule has 318 valence electrons. The molecular weight excluding hydrogens is 734 g/mol. The maximum atomic E-state index is 9.60. The molecule has 60 heavy (non-hydrogen) atoms. The molecule has 0 aliphatic rings. The molecule has 0 aliphatic heterocycles. The highest BCUT2D eigenvalue weighted by atomic mass is 16.4. The van der Waals surface area contributed by atoms with Crippen molar-refractivity contribution in [2.24, 2.45) is 0 Å². The highest BCUT2D eigenvalue weighted by Crippen LogP contribution is 2.36. The third kappa shape index (κ3) is 15.2. The molecule has 0 radical (unpaired) electrons. The number of unbranched alkanes of at least 4 members (excludes halogenated alkanes) is 18. The molecule has 0 unspecified atom stereocenters. The Morgan fingerprint density at radius 1 is 0.300 bits per heavy atom. The van der Waals surface area contributed by atoms with Crippen molar-refractivity contribution in [1.29, 1.82) is 0 Å². The molecule has 5 aromatic rings. The Morgan fingerprint density at radius 3 is 0.800 bits per heavy atom. The second-order valence-corrected chi connectivity index (χ2v) is 17.2. The van der Waals surface area contributed by atoms with Crippen molar-refractivity contribution in [3.8, 4) is 44.5 Å². The zero-order valence-corrected chi connectivity index (χ0v) is 36.9. The fourth-order valence-corrected chi connectivity index (χ4v) is 8.63. The van der Waals surface area contributed by atoms with Crippen molar-refractivity contribution >= 4 is 25.2 Å². The van der Waals surface area contributed by atoms with E-state index in [0.29, 0.717) is 10.9 Å². The first-order chi connectivity index (χ1) is 29.4. The quantitative estimate of drug-likeness (QED) is 0.0300. The first kappa shape index (κ1) is 47.1. The molecule has 6 heteroatoms. The average molecular weight is 807 g/mol. The van der Waals surface area contributed by atoms with Gasteiger partial charge in [0.2, 0.25) is 0 Å². The minimum absolute atomic E-state index is 0.495. The molecule has 0 saturated heterocycles. The minimum atomic E-state index is -1.47. The summed E-state index contributed by atoms with van der Waals surface area (Å²) in [6.45, 7) is 4.57. The van der Waals surface area contributed by atoms with Crippen molar-refractivity contribution in [3.63, 3.8) is 0 Å². The van der Waals surface area contributed by atoms with Gasteiger partial charge in [0.05, 0.1) is 0 Å². The Balaban J connectivity index is 1.40. The lowest BCUT2D eigenvalue weighted by molar-refractivity contribution is 0.424. The van der Waals surface area contributed by atoms with Crippen LogP contribution in [-0.4, -0.2) is 34.3 Å². The molecule has 4 N–H and O–H groups in total. The van der Waals surface area contributed by atoms with Gasteiger partial charge in [-0.3, -0.25) is 0 Å². The minimum Gasteiger partial charge on any atom is -0.423 e. The van der Waals surface area contributed by atoms with Crippen molar-refractivity contribution in [3.05, 3.63) is 120 Å². The molecule has 0 bridgehead atoms. The van der Waals surface area contributed by atoms with Gasteiger partial charge in [0.1, 0.15) is 0 Å². The second-order valence-electron chi connectivity index (χ2n) is 17.2. The number of benzene rings is 5. The predicted octanol–water partition coefficient (Wildman–Crippen LogP) is 12.6. The van der Waals surface area contributed by atoms with Crippen LogP contribution >= 0.6 is 0 Å². The molecule has 5 rings (SSSR count). The molecule has 4 nitrogen and oxygen atoms in total. The van der Waals surface area contributed by atoms with Gasteiger partial charge >= 0.3 is 14.2 Å². The average Bonchev–Trinajstić information content (AvgIpc) is 3.28. The topological polar surface area (TPSA) is 80.9 Å². The maximum Gasteiger partial charge on any atom is 0.488 e. The first-order valence-corrected chi connectivity index (χ1v) is 23.7. The van der Waals surface area contributed by atoms with E-state index in [1.807, 2.05) is 24.3 Å². The summed E-state index contributed by atoms with van der Waals surface area (Å²) >= 11 is 0. The summed E-state index contributed by atoms with van der Waals surface area (Å²) in [4.78, 5) is 0. The zero-order chi connectivity index (χ0) is 42.4. The van der Waals surface area contributed by atoms with Crippen molar-refractivity contribution in [2.75, 3.05) is 0 Å². The molecule has 0 amide bonds. The van der Waals surface area contributed by atoms with Gasteiger partial charge in [-0.25, -0.2) is 0 Å². The molecule has 0 heterocycles. The molecular formula is C54H72B2O4. The third-order valence-corrected chi connectivity index (χ3v) is 12.4. The van der Waals surface area contributed by atoms with E-state index >= 15 is 0 Å². The molecule has 5 aromatic carbocycles. The lowest BCUT2D eigenvalue weighted by Crippen LogP contribution is -2.29. The lowest BCUT2D eigenvalue weighted by atomic mass is 9.80. The van der Waals surface area contributed by atoms with Crippen LogP contribution < -0.4 is 10.9 Å². The van der Waals surface area contributed by atoms with E-state index < -0.39 is 14.2 Å². The maximum absolute atomic E-state index is 9.60. The molecule has 0 fully saturated rings. The number of hydrogen-bond acceptors (Lipinski definition) is 4. The van der Waals surface area contributed by atoms with E-state index in [1.165, 1.54) is 162 Å². The molecule has 0 atom stereocenters. The normalized spacial score (nSPS) is 11.3. The van der Waals surface area contributed by atoms with Crippen LogP contribution in [0.4, 0.5) is 0 Å². The second kappa shape index (κ2) is 26.4. The Hall–Kier alpha value is -3.93. The van der Waals surface area contributed by atoms with Gasteiger partial charge in [0.15, 0.2) is 0 Å². The van der Waals surface area contributed by atoms with E-state index in [4.69, 9.17) is 0 Å². The van der Waals surface area contributed by atoms with Crippen LogP contribution in [-0.2, 0) is 12.8 Å². The smallest absolute Gasteiger partial charge is 0.423 e. The fourth-order valence-electron chi connectivity index (χ4n) is 8.63. The number of aryl methyl sites for hydroxylation is 2. The summed E-state index contributed by atoms with van der Waals surface area (Å²) in [5, 5.41) is 38.4. The van der Waals surface area contributed by atoms with Crippen LogP contribution in [0, 0.1) is 0 Å². The Labute approximate surface area is 363 Å². The molecule has 0 aromatic heterocycles. The molecule has 0 saturated carbocycles. The number of rotatable bonds is 28. The third-order valence-electron chi connectivity index (χ3n) is 12.4. The van der Waals surface area contributed by atoms with Gasteiger partial charge in [-0.05, 0) is 92.2 Å². The van der Waals surface area contributed by atoms with Gasteiger partial charge in [0.25, 0.3) is 0 Å². The van der Waals surface area contributed by atoms with E-state index in [0.717, 1.165) is 35.1 Å². The van der Waals surface area contributed by atoms with Gasteiger partial charge in [-0.2, -0.15) is 0 Å². The summed E-state index contributed by atoms with van der Waals surface area (Å²) in [5.41, 5.74) is 13.3. The molecule has 0 spiro atoms. The van der Waals surface area contributed by atoms with E-state index in [2.05, 4.69) is 74.5 Å². The van der Waals surface area contributed by atoms with Crippen LogP contribution in [0.5, 0.6) is 0 Å². The summed E-state index contributed by atoms with van der Waals surface area (Å²) < 4.78 is 0. The van der Waals surface area contributed by atoms with Crippen LogP contribution in [0.1, 0.15) is 153 Å². The van der Waals surface area contributed by atoms with Gasteiger partial charge < -0.3 is 20.1 Å². The summed E-state index contributed by atoms with van der Waals surface area (Å²) in [7, 11) is -2.93.